The second kappa shape index (κ2) is 11.9. The molecule has 2 aromatic heterocycles. The largest absolute Gasteiger partial charge is 0.497 e. The third kappa shape index (κ3) is 6.26. The van der Waals surface area contributed by atoms with Gasteiger partial charge in [-0.25, -0.2) is 4.98 Å². The van der Waals surface area contributed by atoms with Crippen molar-refractivity contribution in [3.8, 4) is 17.4 Å². The number of methoxy groups -OCH3 is 1. The van der Waals surface area contributed by atoms with E-state index in [4.69, 9.17) is 9.47 Å². The molecule has 0 unspecified atom stereocenters. The molecule has 4 rings (SSSR count). The number of rotatable bonds is 6. The van der Waals surface area contributed by atoms with Crippen LogP contribution in [-0.2, 0) is 6.54 Å². The minimum atomic E-state index is 0. The first-order valence-electron chi connectivity index (χ1n) is 10.3. The van der Waals surface area contributed by atoms with Gasteiger partial charge in [-0.3, -0.25) is 4.99 Å². The summed E-state index contributed by atoms with van der Waals surface area (Å²) in [5.41, 5.74) is 1.07. The van der Waals surface area contributed by atoms with E-state index in [-0.39, 0.29) is 24.0 Å². The first-order valence-corrected chi connectivity index (χ1v) is 11.1. The second-order valence-corrected chi connectivity index (χ2v) is 8.03. The van der Waals surface area contributed by atoms with E-state index in [2.05, 4.69) is 42.6 Å². The van der Waals surface area contributed by atoms with E-state index in [9.17, 15) is 0 Å². The van der Waals surface area contributed by atoms with E-state index in [1.807, 2.05) is 49.6 Å². The van der Waals surface area contributed by atoms with Crippen molar-refractivity contribution in [2.24, 2.45) is 4.99 Å². The molecule has 9 heteroatoms. The highest BCUT2D eigenvalue weighted by Crippen LogP contribution is 2.23. The number of nitrogens with zero attached hydrogens (tertiary/aromatic N) is 4. The molecule has 1 fully saturated rings. The maximum absolute atomic E-state index is 5.79. The second-order valence-electron chi connectivity index (χ2n) is 7.11. The molecule has 3 aromatic rings. The fourth-order valence-electron chi connectivity index (χ4n) is 3.44. The van der Waals surface area contributed by atoms with E-state index >= 15 is 0 Å². The first kappa shape index (κ1) is 24.1. The fourth-order valence-corrected chi connectivity index (χ4v) is 4.23. The molecule has 7 nitrogen and oxygen atoms in total. The van der Waals surface area contributed by atoms with Gasteiger partial charge in [0.15, 0.2) is 5.96 Å². The Morgan fingerprint density at radius 1 is 1.06 bits per heavy atom. The van der Waals surface area contributed by atoms with Crippen molar-refractivity contribution in [3.63, 3.8) is 0 Å². The van der Waals surface area contributed by atoms with Crippen LogP contribution < -0.4 is 19.7 Å². The Hall–Kier alpha value is -2.53. The molecule has 0 spiro atoms. The number of hydrogen-bond acceptors (Lipinski definition) is 6. The van der Waals surface area contributed by atoms with Crippen molar-refractivity contribution >= 4 is 46.3 Å². The fraction of sp³-hybridized carbons (Fsp3) is 0.304. The Labute approximate surface area is 210 Å². The molecule has 0 radical (unpaired) electrons. The van der Waals surface area contributed by atoms with Crippen molar-refractivity contribution in [2.45, 2.75) is 6.54 Å². The SMILES string of the molecule is CN=C(NCc1ccc(Oc2ccc(OC)cc2)nc1)N1CCN(c2cccs2)CC1.I. The van der Waals surface area contributed by atoms with Crippen molar-refractivity contribution in [1.29, 1.82) is 0 Å². The predicted molar refractivity (Wildman–Crippen MR) is 141 cm³/mol. The van der Waals surface area contributed by atoms with E-state index in [0.29, 0.717) is 12.4 Å². The van der Waals surface area contributed by atoms with Crippen LogP contribution >= 0.6 is 35.3 Å². The number of anilines is 1. The zero-order valence-corrected chi connectivity index (χ0v) is 21.4. The van der Waals surface area contributed by atoms with Gasteiger partial charge >= 0.3 is 0 Å². The number of ether oxygens (including phenoxy) is 2. The van der Waals surface area contributed by atoms with Crippen LogP contribution in [-0.4, -0.2) is 56.2 Å². The van der Waals surface area contributed by atoms with Crippen LogP contribution in [0.25, 0.3) is 0 Å². The number of guanidine groups is 1. The molecular formula is C23H28IN5O2S. The summed E-state index contributed by atoms with van der Waals surface area (Å²) in [6.45, 7) is 4.56. The number of piperazine rings is 1. The molecule has 1 aromatic carbocycles. The predicted octanol–water partition coefficient (Wildman–Crippen LogP) is 4.46. The van der Waals surface area contributed by atoms with E-state index < -0.39 is 0 Å². The van der Waals surface area contributed by atoms with Crippen LogP contribution in [0.5, 0.6) is 17.4 Å². The van der Waals surface area contributed by atoms with Crippen molar-refractivity contribution < 1.29 is 9.47 Å². The molecule has 0 aliphatic carbocycles. The molecule has 3 heterocycles. The maximum Gasteiger partial charge on any atom is 0.219 e. The van der Waals surface area contributed by atoms with Crippen LogP contribution in [0.4, 0.5) is 5.00 Å². The lowest BCUT2D eigenvalue weighted by Gasteiger charge is -2.37. The highest BCUT2D eigenvalue weighted by Gasteiger charge is 2.20. The first-order chi connectivity index (χ1) is 15.2. The lowest BCUT2D eigenvalue weighted by molar-refractivity contribution is 0.373. The summed E-state index contributed by atoms with van der Waals surface area (Å²) >= 11 is 1.79. The number of nitrogens with one attached hydrogen (secondary N) is 1. The molecule has 1 N–H and O–H groups in total. The zero-order chi connectivity index (χ0) is 21.5. The molecule has 1 saturated heterocycles. The number of thiophene rings is 1. The van der Waals surface area contributed by atoms with Crippen molar-refractivity contribution in [2.75, 3.05) is 45.2 Å². The number of aromatic nitrogens is 1. The van der Waals surface area contributed by atoms with Gasteiger partial charge in [0.05, 0.1) is 12.1 Å². The van der Waals surface area contributed by atoms with Gasteiger partial charge < -0.3 is 24.6 Å². The van der Waals surface area contributed by atoms with Crippen LogP contribution in [0.2, 0.25) is 0 Å². The van der Waals surface area contributed by atoms with Gasteiger partial charge in [-0.1, -0.05) is 6.07 Å². The Kier molecular flexibility index (Phi) is 8.98. The lowest BCUT2D eigenvalue weighted by atomic mass is 10.3. The van der Waals surface area contributed by atoms with E-state index in [1.54, 1.807) is 18.4 Å². The Morgan fingerprint density at radius 3 is 2.41 bits per heavy atom. The molecule has 1 aliphatic rings. The van der Waals surface area contributed by atoms with E-state index in [0.717, 1.165) is 49.2 Å². The quantitative estimate of drug-likeness (QED) is 0.271. The van der Waals surface area contributed by atoms with Crippen molar-refractivity contribution in [1.82, 2.24) is 15.2 Å². The summed E-state index contributed by atoms with van der Waals surface area (Å²) in [7, 11) is 3.47. The van der Waals surface area contributed by atoms with Crippen LogP contribution in [0, 0.1) is 0 Å². The lowest BCUT2D eigenvalue weighted by Crippen LogP contribution is -2.52. The normalized spacial score (nSPS) is 14.0. The third-order valence-corrected chi connectivity index (χ3v) is 6.07. The van der Waals surface area contributed by atoms with Gasteiger partial charge in [-0.2, -0.15) is 0 Å². The number of pyridine rings is 1. The number of benzene rings is 1. The molecule has 0 saturated carbocycles. The minimum absolute atomic E-state index is 0. The summed E-state index contributed by atoms with van der Waals surface area (Å²) in [6, 6.07) is 15.6. The highest BCUT2D eigenvalue weighted by atomic mass is 127. The van der Waals surface area contributed by atoms with Gasteiger partial charge in [0.1, 0.15) is 11.5 Å². The highest BCUT2D eigenvalue weighted by molar-refractivity contribution is 14.0. The average molecular weight is 565 g/mol. The Morgan fingerprint density at radius 2 is 1.81 bits per heavy atom. The molecule has 0 atom stereocenters. The summed E-state index contributed by atoms with van der Waals surface area (Å²) < 4.78 is 11.0. The van der Waals surface area contributed by atoms with Gasteiger partial charge in [-0.05, 0) is 47.3 Å². The molecule has 32 heavy (non-hydrogen) atoms. The Balaban J connectivity index is 0.00000289. The standard InChI is InChI=1S/C23H27N5O2S.HI/c1-24-23(28-13-11-27(12-14-28)22-4-3-15-31-22)26-17-18-5-10-21(25-16-18)30-20-8-6-19(29-2)7-9-20;/h3-10,15-16H,11-14,17H2,1-2H3,(H,24,26);1H. The van der Waals surface area contributed by atoms with Gasteiger partial charge in [0.2, 0.25) is 5.88 Å². The van der Waals surface area contributed by atoms with Crippen LogP contribution in [0.3, 0.4) is 0 Å². The monoisotopic (exact) mass is 565 g/mol. The summed E-state index contributed by atoms with van der Waals surface area (Å²) in [6.07, 6.45) is 1.83. The Bertz CT molecular complexity index is 973. The molecular weight excluding hydrogens is 537 g/mol. The third-order valence-electron chi connectivity index (χ3n) is 5.14. The molecule has 0 bridgehead atoms. The topological polar surface area (TPSA) is 62.2 Å². The molecule has 170 valence electrons. The summed E-state index contributed by atoms with van der Waals surface area (Å²) in [5, 5.41) is 6.92. The number of aliphatic imine (C=N–C) groups is 1. The maximum atomic E-state index is 5.79. The minimum Gasteiger partial charge on any atom is -0.497 e. The zero-order valence-electron chi connectivity index (χ0n) is 18.2. The summed E-state index contributed by atoms with van der Waals surface area (Å²) in [4.78, 5) is 13.6. The number of hydrogen-bond donors (Lipinski definition) is 1. The van der Waals surface area contributed by atoms with Crippen LogP contribution in [0.1, 0.15) is 5.56 Å². The van der Waals surface area contributed by atoms with E-state index in [1.165, 1.54) is 5.00 Å². The smallest absolute Gasteiger partial charge is 0.219 e. The molecule has 1 aliphatic heterocycles. The van der Waals surface area contributed by atoms with Gasteiger partial charge in [-0.15, -0.1) is 35.3 Å². The van der Waals surface area contributed by atoms with Gasteiger partial charge in [0, 0.05) is 52.0 Å². The summed E-state index contributed by atoms with van der Waals surface area (Å²) in [5.74, 6) is 3.00. The van der Waals surface area contributed by atoms with Crippen LogP contribution in [0.15, 0.2) is 65.1 Å². The van der Waals surface area contributed by atoms with Gasteiger partial charge in [0.25, 0.3) is 0 Å². The average Bonchev–Trinajstić information content (AvgIpc) is 3.36. The van der Waals surface area contributed by atoms with Crippen molar-refractivity contribution in [3.05, 3.63) is 65.7 Å². The molecule has 0 amide bonds. The number of halogens is 1.